The van der Waals surface area contributed by atoms with E-state index in [9.17, 15) is 9.90 Å². The maximum absolute atomic E-state index is 11.9. The molecular formula is C13H17N3O2. The summed E-state index contributed by atoms with van der Waals surface area (Å²) in [6.07, 6.45) is 4.27. The van der Waals surface area contributed by atoms with Crippen molar-refractivity contribution < 1.29 is 9.90 Å². The van der Waals surface area contributed by atoms with Crippen molar-refractivity contribution in [3.63, 3.8) is 0 Å². The number of aromatic nitrogens is 2. The lowest BCUT2D eigenvalue weighted by molar-refractivity contribution is 0.0943. The molecule has 2 aromatic heterocycles. The molecule has 18 heavy (non-hydrogen) atoms. The lowest BCUT2D eigenvalue weighted by Crippen LogP contribution is -2.26. The summed E-state index contributed by atoms with van der Waals surface area (Å²) in [7, 11) is 0. The van der Waals surface area contributed by atoms with Crippen molar-refractivity contribution in [1.82, 2.24) is 14.9 Å². The van der Waals surface area contributed by atoms with Crippen LogP contribution in [0.25, 0.3) is 5.52 Å². The van der Waals surface area contributed by atoms with Crippen LogP contribution in [0.2, 0.25) is 0 Å². The smallest absolute Gasteiger partial charge is 0.255 e. The van der Waals surface area contributed by atoms with E-state index in [0.717, 1.165) is 5.52 Å². The number of amides is 1. The summed E-state index contributed by atoms with van der Waals surface area (Å²) in [4.78, 5) is 11.9. The maximum Gasteiger partial charge on any atom is 0.255 e. The van der Waals surface area contributed by atoms with Gasteiger partial charge in [-0.1, -0.05) is 13.0 Å². The van der Waals surface area contributed by atoms with Gasteiger partial charge in [0.25, 0.3) is 5.91 Å². The monoisotopic (exact) mass is 247 g/mol. The number of carbonyl (C=O) groups is 1. The molecule has 0 spiro atoms. The number of aliphatic hydroxyl groups excluding tert-OH is 1. The van der Waals surface area contributed by atoms with Gasteiger partial charge in [-0.2, -0.15) is 5.10 Å². The topological polar surface area (TPSA) is 66.6 Å². The highest BCUT2D eigenvalue weighted by Gasteiger charge is 2.11. The van der Waals surface area contributed by atoms with Gasteiger partial charge < -0.3 is 10.4 Å². The molecule has 0 radical (unpaired) electrons. The van der Waals surface area contributed by atoms with E-state index in [0.29, 0.717) is 24.9 Å². The van der Waals surface area contributed by atoms with E-state index in [1.165, 1.54) is 0 Å². The highest BCUT2D eigenvalue weighted by atomic mass is 16.3. The highest BCUT2D eigenvalue weighted by molar-refractivity contribution is 6.00. The molecule has 0 saturated carbocycles. The van der Waals surface area contributed by atoms with Crippen LogP contribution in [0.5, 0.6) is 0 Å². The van der Waals surface area contributed by atoms with Crippen molar-refractivity contribution in [3.8, 4) is 0 Å². The van der Waals surface area contributed by atoms with Crippen LogP contribution in [0.3, 0.4) is 0 Å². The minimum atomic E-state index is -0.353. The number of rotatable bonds is 5. The molecule has 5 heteroatoms. The van der Waals surface area contributed by atoms with E-state index >= 15 is 0 Å². The molecule has 1 amide bonds. The first-order chi connectivity index (χ1) is 8.72. The molecule has 0 fully saturated rings. The van der Waals surface area contributed by atoms with E-state index in [2.05, 4.69) is 10.4 Å². The SMILES string of the molecule is CCC(O)CCNC(=O)c1cnn2ccccc12. The first-order valence-corrected chi connectivity index (χ1v) is 6.11. The number of hydrogen-bond acceptors (Lipinski definition) is 3. The van der Waals surface area contributed by atoms with Crippen molar-refractivity contribution in [2.24, 2.45) is 0 Å². The first-order valence-electron chi connectivity index (χ1n) is 6.11. The standard InChI is InChI=1S/C13H17N3O2/c1-2-10(17)6-7-14-13(18)11-9-15-16-8-4-3-5-12(11)16/h3-5,8-10,17H,2,6-7H2,1H3,(H,14,18). The van der Waals surface area contributed by atoms with Gasteiger partial charge >= 0.3 is 0 Å². The van der Waals surface area contributed by atoms with E-state index in [-0.39, 0.29) is 12.0 Å². The van der Waals surface area contributed by atoms with Crippen LogP contribution >= 0.6 is 0 Å². The summed E-state index contributed by atoms with van der Waals surface area (Å²) in [5.41, 5.74) is 1.34. The normalized spacial score (nSPS) is 12.6. The Kier molecular flexibility index (Phi) is 3.94. The van der Waals surface area contributed by atoms with E-state index in [1.54, 1.807) is 16.9 Å². The second kappa shape index (κ2) is 5.64. The molecule has 5 nitrogen and oxygen atoms in total. The van der Waals surface area contributed by atoms with Crippen LogP contribution in [-0.2, 0) is 0 Å². The summed E-state index contributed by atoms with van der Waals surface area (Å²) in [5, 5.41) is 16.3. The van der Waals surface area contributed by atoms with Crippen molar-refractivity contribution in [1.29, 1.82) is 0 Å². The van der Waals surface area contributed by atoms with Crippen molar-refractivity contribution >= 4 is 11.4 Å². The Hall–Kier alpha value is -1.88. The van der Waals surface area contributed by atoms with Crippen molar-refractivity contribution in [2.45, 2.75) is 25.9 Å². The summed E-state index contributed by atoms with van der Waals surface area (Å²) >= 11 is 0. The number of nitrogens with zero attached hydrogens (tertiary/aromatic N) is 2. The van der Waals surface area contributed by atoms with Gasteiger partial charge in [0.05, 0.1) is 23.4 Å². The molecule has 0 aliphatic rings. The molecule has 0 bridgehead atoms. The van der Waals surface area contributed by atoms with Gasteiger partial charge in [-0.3, -0.25) is 4.79 Å². The van der Waals surface area contributed by atoms with Gasteiger partial charge in [0.1, 0.15) is 0 Å². The third-order valence-electron chi connectivity index (χ3n) is 2.91. The van der Waals surface area contributed by atoms with Gasteiger partial charge in [-0.25, -0.2) is 4.52 Å². The Morgan fingerprint density at radius 2 is 2.39 bits per heavy atom. The molecule has 0 aromatic carbocycles. The van der Waals surface area contributed by atoms with Gasteiger partial charge in [0.2, 0.25) is 0 Å². The molecule has 2 N–H and O–H groups in total. The molecular weight excluding hydrogens is 230 g/mol. The van der Waals surface area contributed by atoms with Crippen LogP contribution in [0.15, 0.2) is 30.6 Å². The van der Waals surface area contributed by atoms with Gasteiger partial charge in [-0.05, 0) is 25.0 Å². The van der Waals surface area contributed by atoms with E-state index < -0.39 is 0 Å². The predicted molar refractivity (Wildman–Crippen MR) is 68.4 cm³/mol. The minimum Gasteiger partial charge on any atom is -0.393 e. The maximum atomic E-state index is 11.9. The summed E-state index contributed by atoms with van der Waals surface area (Å²) in [6.45, 7) is 2.38. The van der Waals surface area contributed by atoms with E-state index in [4.69, 9.17) is 0 Å². The predicted octanol–water partition coefficient (Wildman–Crippen LogP) is 1.23. The lowest BCUT2D eigenvalue weighted by atomic mass is 10.2. The Morgan fingerprint density at radius 1 is 1.56 bits per heavy atom. The number of nitrogens with one attached hydrogen (secondary N) is 1. The fraction of sp³-hybridized carbons (Fsp3) is 0.385. The minimum absolute atomic E-state index is 0.153. The first kappa shape index (κ1) is 12.6. The number of carbonyl (C=O) groups excluding carboxylic acids is 1. The van der Waals surface area contributed by atoms with Gasteiger partial charge in [0.15, 0.2) is 0 Å². The van der Waals surface area contributed by atoms with Crippen LogP contribution in [0.4, 0.5) is 0 Å². The summed E-state index contributed by atoms with van der Waals surface area (Å²) in [5.74, 6) is -0.153. The average molecular weight is 247 g/mol. The fourth-order valence-corrected chi connectivity index (χ4v) is 1.76. The second-order valence-corrected chi connectivity index (χ2v) is 4.20. The number of hydrogen-bond donors (Lipinski definition) is 2. The summed E-state index contributed by atoms with van der Waals surface area (Å²) in [6, 6.07) is 5.58. The quantitative estimate of drug-likeness (QED) is 0.835. The zero-order chi connectivity index (χ0) is 13.0. The molecule has 2 heterocycles. The molecule has 96 valence electrons. The lowest BCUT2D eigenvalue weighted by Gasteiger charge is -2.08. The molecule has 2 rings (SSSR count). The van der Waals surface area contributed by atoms with Crippen LogP contribution < -0.4 is 5.32 Å². The third kappa shape index (κ3) is 2.68. The highest BCUT2D eigenvalue weighted by Crippen LogP contribution is 2.09. The molecule has 2 aromatic rings. The largest absolute Gasteiger partial charge is 0.393 e. The zero-order valence-corrected chi connectivity index (χ0v) is 10.3. The Balaban J connectivity index is 2.01. The Bertz CT molecular complexity index is 536. The van der Waals surface area contributed by atoms with Crippen LogP contribution in [-0.4, -0.2) is 33.3 Å². The third-order valence-corrected chi connectivity index (χ3v) is 2.91. The number of fused-ring (bicyclic) bond motifs is 1. The molecule has 0 aliphatic heterocycles. The average Bonchev–Trinajstić information content (AvgIpc) is 2.82. The second-order valence-electron chi connectivity index (χ2n) is 4.20. The van der Waals surface area contributed by atoms with Crippen molar-refractivity contribution in [3.05, 3.63) is 36.2 Å². The fourth-order valence-electron chi connectivity index (χ4n) is 1.76. The van der Waals surface area contributed by atoms with Crippen LogP contribution in [0, 0.1) is 0 Å². The van der Waals surface area contributed by atoms with Crippen molar-refractivity contribution in [2.75, 3.05) is 6.54 Å². The number of pyridine rings is 1. The number of aliphatic hydroxyl groups is 1. The Labute approximate surface area is 105 Å². The molecule has 1 atom stereocenters. The molecule has 1 unspecified atom stereocenters. The van der Waals surface area contributed by atoms with Gasteiger partial charge in [-0.15, -0.1) is 0 Å². The summed E-state index contributed by atoms with van der Waals surface area (Å²) < 4.78 is 1.66. The molecule has 0 saturated heterocycles. The van der Waals surface area contributed by atoms with Gasteiger partial charge in [0, 0.05) is 12.7 Å². The molecule has 0 aliphatic carbocycles. The zero-order valence-electron chi connectivity index (χ0n) is 10.3. The Morgan fingerprint density at radius 3 is 3.17 bits per heavy atom. The van der Waals surface area contributed by atoms with E-state index in [1.807, 2.05) is 25.1 Å². The van der Waals surface area contributed by atoms with Crippen LogP contribution in [0.1, 0.15) is 30.1 Å².